The molecule has 1 aromatic carbocycles. The molecule has 1 atom stereocenters. The number of urea groups is 1. The van der Waals surface area contributed by atoms with Crippen LogP contribution in [0.15, 0.2) is 24.3 Å². The molecule has 3 aliphatic heterocycles. The zero-order valence-corrected chi connectivity index (χ0v) is 16.4. The van der Waals surface area contributed by atoms with Crippen LogP contribution in [0, 0.1) is 0 Å². The molecule has 3 aliphatic rings. The standard InChI is InChI=1S/C21H27N5O2/c1-23-9-11-24(12-10-23)7-4-8-25-20(27)19-13-16-15-5-2-3-6-17(15)22-18(16)14-26(19)21(25)28/h2-3,5-6,19,22H,4,7-14H2,1H3. The molecular weight excluding hydrogens is 354 g/mol. The van der Waals surface area contributed by atoms with Crippen molar-refractivity contribution < 1.29 is 9.59 Å². The molecule has 0 radical (unpaired) electrons. The van der Waals surface area contributed by atoms with Crippen molar-refractivity contribution in [2.24, 2.45) is 0 Å². The lowest BCUT2D eigenvalue weighted by Crippen LogP contribution is -2.45. The average molecular weight is 381 g/mol. The van der Waals surface area contributed by atoms with Crippen molar-refractivity contribution in [2.45, 2.75) is 25.4 Å². The Hall–Kier alpha value is -2.38. The van der Waals surface area contributed by atoms with Crippen LogP contribution in [-0.4, -0.2) is 88.9 Å². The number of nitrogens with one attached hydrogen (secondary N) is 1. The molecule has 5 rings (SSSR count). The molecule has 0 saturated carbocycles. The van der Waals surface area contributed by atoms with Crippen molar-refractivity contribution in [1.29, 1.82) is 0 Å². The van der Waals surface area contributed by atoms with E-state index in [0.29, 0.717) is 19.5 Å². The van der Waals surface area contributed by atoms with Crippen LogP contribution >= 0.6 is 0 Å². The molecule has 0 spiro atoms. The second-order valence-corrected chi connectivity index (χ2v) is 8.25. The van der Waals surface area contributed by atoms with Gasteiger partial charge in [0.15, 0.2) is 0 Å². The van der Waals surface area contributed by atoms with Gasteiger partial charge in [-0.2, -0.15) is 0 Å². The number of amides is 3. The van der Waals surface area contributed by atoms with Crippen molar-refractivity contribution in [2.75, 3.05) is 46.3 Å². The highest BCUT2D eigenvalue weighted by Gasteiger charge is 2.47. The predicted octanol–water partition coefficient (Wildman–Crippen LogP) is 1.49. The number of carbonyl (C=O) groups is 2. The molecule has 0 bridgehead atoms. The summed E-state index contributed by atoms with van der Waals surface area (Å²) in [6.07, 6.45) is 1.45. The van der Waals surface area contributed by atoms with Crippen molar-refractivity contribution in [1.82, 2.24) is 24.6 Å². The summed E-state index contributed by atoms with van der Waals surface area (Å²) in [5.74, 6) is -0.0284. The summed E-state index contributed by atoms with van der Waals surface area (Å²) < 4.78 is 0. The molecule has 28 heavy (non-hydrogen) atoms. The molecule has 1 N–H and O–H groups in total. The zero-order valence-electron chi connectivity index (χ0n) is 16.4. The van der Waals surface area contributed by atoms with Gasteiger partial charge in [-0.15, -0.1) is 0 Å². The van der Waals surface area contributed by atoms with Crippen LogP contribution < -0.4 is 0 Å². The molecule has 1 unspecified atom stereocenters. The number of nitrogens with zero attached hydrogens (tertiary/aromatic N) is 4. The van der Waals surface area contributed by atoms with E-state index in [0.717, 1.165) is 50.4 Å². The normalized spacial score (nSPS) is 23.5. The lowest BCUT2D eigenvalue weighted by Gasteiger charge is -2.32. The number of aromatic nitrogens is 1. The maximum absolute atomic E-state index is 13.0. The number of para-hydroxylation sites is 1. The number of benzene rings is 1. The Balaban J connectivity index is 1.25. The summed E-state index contributed by atoms with van der Waals surface area (Å²) in [5.41, 5.74) is 3.34. The molecule has 2 aromatic rings. The number of likely N-dealkylation sites (N-methyl/N-ethyl adjacent to an activating group) is 1. The summed E-state index contributed by atoms with van der Waals surface area (Å²) in [6.45, 7) is 6.26. The SMILES string of the molecule is CN1CCN(CCCN2C(=O)C3Cc4c([nH]c5ccccc45)CN3C2=O)CC1. The number of hydrogen-bond donors (Lipinski definition) is 1. The van der Waals surface area contributed by atoms with E-state index in [-0.39, 0.29) is 18.0 Å². The third-order valence-corrected chi connectivity index (χ3v) is 6.48. The first-order valence-corrected chi connectivity index (χ1v) is 10.2. The Bertz CT molecular complexity index is 915. The summed E-state index contributed by atoms with van der Waals surface area (Å²) in [7, 11) is 2.15. The van der Waals surface area contributed by atoms with E-state index in [4.69, 9.17) is 0 Å². The van der Waals surface area contributed by atoms with Gasteiger partial charge in [-0.25, -0.2) is 4.79 Å². The Labute approximate surface area is 164 Å². The van der Waals surface area contributed by atoms with Crippen LogP contribution in [0.25, 0.3) is 10.9 Å². The quantitative estimate of drug-likeness (QED) is 0.816. The Morgan fingerprint density at radius 1 is 1.07 bits per heavy atom. The minimum absolute atomic E-state index is 0.0284. The number of rotatable bonds is 4. The molecular formula is C21H27N5O2. The minimum atomic E-state index is -0.345. The summed E-state index contributed by atoms with van der Waals surface area (Å²) in [4.78, 5) is 37.3. The monoisotopic (exact) mass is 381 g/mol. The van der Waals surface area contributed by atoms with Gasteiger partial charge >= 0.3 is 6.03 Å². The van der Waals surface area contributed by atoms with Gasteiger partial charge in [0.25, 0.3) is 5.91 Å². The van der Waals surface area contributed by atoms with Gasteiger partial charge in [-0.1, -0.05) is 18.2 Å². The van der Waals surface area contributed by atoms with E-state index in [9.17, 15) is 9.59 Å². The number of imide groups is 1. The largest absolute Gasteiger partial charge is 0.357 e. The second-order valence-electron chi connectivity index (χ2n) is 8.25. The van der Waals surface area contributed by atoms with Gasteiger partial charge < -0.3 is 19.7 Å². The van der Waals surface area contributed by atoms with Crippen molar-refractivity contribution >= 4 is 22.8 Å². The van der Waals surface area contributed by atoms with Crippen molar-refractivity contribution in [3.63, 3.8) is 0 Å². The van der Waals surface area contributed by atoms with Crippen LogP contribution in [0.1, 0.15) is 17.7 Å². The topological polar surface area (TPSA) is 62.9 Å². The zero-order chi connectivity index (χ0) is 19.3. The molecule has 148 valence electrons. The molecule has 7 heteroatoms. The van der Waals surface area contributed by atoms with E-state index in [2.05, 4.69) is 27.9 Å². The smallest absolute Gasteiger partial charge is 0.327 e. The minimum Gasteiger partial charge on any atom is -0.357 e. The van der Waals surface area contributed by atoms with Gasteiger partial charge in [0, 0.05) is 55.7 Å². The number of carbonyl (C=O) groups excluding carboxylic acids is 2. The number of aromatic amines is 1. The Morgan fingerprint density at radius 2 is 1.86 bits per heavy atom. The van der Waals surface area contributed by atoms with Gasteiger partial charge in [0.1, 0.15) is 6.04 Å². The third-order valence-electron chi connectivity index (χ3n) is 6.48. The Kier molecular flexibility index (Phi) is 4.36. The average Bonchev–Trinajstić information content (AvgIpc) is 3.18. The highest BCUT2D eigenvalue weighted by atomic mass is 16.2. The summed E-state index contributed by atoms with van der Waals surface area (Å²) in [5, 5.41) is 1.17. The van der Waals surface area contributed by atoms with Gasteiger partial charge in [-0.3, -0.25) is 9.69 Å². The van der Waals surface area contributed by atoms with Gasteiger partial charge in [0.2, 0.25) is 0 Å². The fourth-order valence-corrected chi connectivity index (χ4v) is 4.79. The van der Waals surface area contributed by atoms with Crippen LogP contribution in [-0.2, 0) is 17.8 Å². The molecule has 1 aromatic heterocycles. The molecule has 2 fully saturated rings. The first-order chi connectivity index (χ1) is 13.6. The first kappa shape index (κ1) is 17.7. The molecule has 0 aliphatic carbocycles. The van der Waals surface area contributed by atoms with E-state index >= 15 is 0 Å². The van der Waals surface area contributed by atoms with Crippen molar-refractivity contribution in [3.05, 3.63) is 35.5 Å². The van der Waals surface area contributed by atoms with E-state index < -0.39 is 0 Å². The lowest BCUT2D eigenvalue weighted by atomic mass is 9.97. The highest BCUT2D eigenvalue weighted by Crippen LogP contribution is 2.34. The maximum atomic E-state index is 13.0. The van der Waals surface area contributed by atoms with Crippen molar-refractivity contribution in [3.8, 4) is 0 Å². The first-order valence-electron chi connectivity index (χ1n) is 10.2. The van der Waals surface area contributed by atoms with Gasteiger partial charge in [0.05, 0.1) is 6.54 Å². The van der Waals surface area contributed by atoms with Crippen LogP contribution in [0.3, 0.4) is 0 Å². The second kappa shape index (κ2) is 6.90. The fourth-order valence-electron chi connectivity index (χ4n) is 4.79. The molecule has 3 amide bonds. The Morgan fingerprint density at radius 3 is 2.68 bits per heavy atom. The van der Waals surface area contributed by atoms with Crippen LogP contribution in [0.5, 0.6) is 0 Å². The predicted molar refractivity (Wildman–Crippen MR) is 107 cm³/mol. The number of fused-ring (bicyclic) bond motifs is 4. The number of H-pyrrole nitrogens is 1. The third kappa shape index (κ3) is 2.89. The number of hydrogen-bond acceptors (Lipinski definition) is 4. The van der Waals surface area contributed by atoms with E-state index in [1.165, 1.54) is 15.8 Å². The van der Waals surface area contributed by atoms with E-state index in [1.54, 1.807) is 4.90 Å². The molecule has 2 saturated heterocycles. The number of piperazine rings is 1. The fraction of sp³-hybridized carbons (Fsp3) is 0.524. The maximum Gasteiger partial charge on any atom is 0.327 e. The summed E-state index contributed by atoms with van der Waals surface area (Å²) >= 11 is 0. The highest BCUT2D eigenvalue weighted by molar-refractivity contribution is 6.05. The summed E-state index contributed by atoms with van der Waals surface area (Å²) in [6, 6.07) is 7.70. The van der Waals surface area contributed by atoms with Gasteiger partial charge in [-0.05, 0) is 31.6 Å². The van der Waals surface area contributed by atoms with Crippen LogP contribution in [0.2, 0.25) is 0 Å². The molecule has 7 nitrogen and oxygen atoms in total. The van der Waals surface area contributed by atoms with E-state index in [1.807, 2.05) is 18.2 Å². The molecule has 4 heterocycles. The van der Waals surface area contributed by atoms with Crippen LogP contribution in [0.4, 0.5) is 4.79 Å². The lowest BCUT2D eigenvalue weighted by molar-refractivity contribution is -0.128.